The lowest BCUT2D eigenvalue weighted by atomic mass is 10.1. The average molecular weight is 204 g/mol. The topological polar surface area (TPSA) is 39.2 Å². The van der Waals surface area contributed by atoms with Gasteiger partial charge in [-0.25, -0.2) is 0 Å². The summed E-state index contributed by atoms with van der Waals surface area (Å²) in [5, 5.41) is 0. The van der Waals surface area contributed by atoms with Gasteiger partial charge in [-0.05, 0) is 22.4 Å². The molecule has 0 saturated heterocycles. The first-order valence-electron chi connectivity index (χ1n) is 3.23. The van der Waals surface area contributed by atoms with E-state index in [-0.39, 0.29) is 6.04 Å². The number of hydrogen-bond acceptors (Lipinski definition) is 2. The first-order valence-corrected chi connectivity index (χ1v) is 4.02. The summed E-state index contributed by atoms with van der Waals surface area (Å²) >= 11 is 3.33. The molecule has 0 aliphatic heterocycles. The highest BCUT2D eigenvalue weighted by Gasteiger charge is 2.08. The van der Waals surface area contributed by atoms with Crippen LogP contribution < -0.4 is 5.73 Å². The molecule has 1 atom stereocenters. The van der Waals surface area contributed by atoms with Gasteiger partial charge >= 0.3 is 0 Å². The number of rotatable bonds is 2. The minimum absolute atomic E-state index is 0.0909. The summed E-state index contributed by atoms with van der Waals surface area (Å²) in [6, 6.07) is 0.0909. The Balaban J connectivity index is 2.82. The fraction of sp³-hybridized carbons (Fsp3) is 0.429. The molecule has 1 heterocycles. The van der Waals surface area contributed by atoms with Crippen LogP contribution >= 0.6 is 15.9 Å². The molecule has 0 aliphatic carbocycles. The van der Waals surface area contributed by atoms with Gasteiger partial charge in [0.1, 0.15) is 6.26 Å². The minimum Gasteiger partial charge on any atom is -0.471 e. The molecular formula is C7H10BrNO. The maximum Gasteiger partial charge on any atom is 0.105 e. The number of nitrogens with two attached hydrogens (primary N) is 1. The third-order valence-corrected chi connectivity index (χ3v) is 2.13. The highest BCUT2D eigenvalue weighted by Crippen LogP contribution is 2.24. The molecule has 1 rings (SSSR count). The van der Waals surface area contributed by atoms with E-state index in [9.17, 15) is 0 Å². The van der Waals surface area contributed by atoms with Crippen molar-refractivity contribution in [1.82, 2.24) is 0 Å². The van der Waals surface area contributed by atoms with Crippen LogP contribution in [-0.4, -0.2) is 0 Å². The molecule has 0 unspecified atom stereocenters. The van der Waals surface area contributed by atoms with Gasteiger partial charge in [0.15, 0.2) is 0 Å². The van der Waals surface area contributed by atoms with Crippen LogP contribution in [0.1, 0.15) is 24.9 Å². The summed E-state index contributed by atoms with van der Waals surface area (Å²) in [5.41, 5.74) is 6.79. The Morgan fingerprint density at radius 1 is 1.70 bits per heavy atom. The quantitative estimate of drug-likeness (QED) is 0.803. The first-order chi connectivity index (χ1) is 4.75. The minimum atomic E-state index is 0.0909. The van der Waals surface area contributed by atoms with E-state index in [1.165, 1.54) is 0 Å². The van der Waals surface area contributed by atoms with Gasteiger partial charge in [-0.3, -0.25) is 0 Å². The molecule has 0 spiro atoms. The van der Waals surface area contributed by atoms with Crippen molar-refractivity contribution in [2.24, 2.45) is 5.73 Å². The SMILES string of the molecule is CC[C@H](N)c1cocc1Br. The molecule has 1 aromatic heterocycles. The van der Waals surface area contributed by atoms with Crippen LogP contribution in [-0.2, 0) is 0 Å². The van der Waals surface area contributed by atoms with Crippen molar-refractivity contribution in [2.75, 3.05) is 0 Å². The van der Waals surface area contributed by atoms with Crippen LogP contribution in [0.5, 0.6) is 0 Å². The van der Waals surface area contributed by atoms with E-state index in [0.717, 1.165) is 16.5 Å². The highest BCUT2D eigenvalue weighted by atomic mass is 79.9. The molecule has 0 amide bonds. The molecule has 56 valence electrons. The second kappa shape index (κ2) is 3.21. The maximum absolute atomic E-state index is 5.75. The summed E-state index contributed by atoms with van der Waals surface area (Å²) in [4.78, 5) is 0. The number of furan rings is 1. The van der Waals surface area contributed by atoms with Crippen molar-refractivity contribution < 1.29 is 4.42 Å². The van der Waals surface area contributed by atoms with Crippen molar-refractivity contribution in [3.05, 3.63) is 22.6 Å². The van der Waals surface area contributed by atoms with Crippen LogP contribution in [0.25, 0.3) is 0 Å². The Hall–Kier alpha value is -0.280. The zero-order chi connectivity index (χ0) is 7.56. The number of hydrogen-bond donors (Lipinski definition) is 1. The van der Waals surface area contributed by atoms with Crippen molar-refractivity contribution in [2.45, 2.75) is 19.4 Å². The second-order valence-corrected chi connectivity index (χ2v) is 3.04. The van der Waals surface area contributed by atoms with E-state index >= 15 is 0 Å². The zero-order valence-corrected chi connectivity index (χ0v) is 7.39. The van der Waals surface area contributed by atoms with Gasteiger partial charge in [0.25, 0.3) is 0 Å². The van der Waals surface area contributed by atoms with E-state index in [0.29, 0.717) is 0 Å². The zero-order valence-electron chi connectivity index (χ0n) is 5.80. The van der Waals surface area contributed by atoms with Crippen LogP contribution in [0.2, 0.25) is 0 Å². The van der Waals surface area contributed by atoms with E-state index in [1.807, 2.05) is 6.92 Å². The lowest BCUT2D eigenvalue weighted by Crippen LogP contribution is -2.07. The molecule has 0 fully saturated rings. The predicted molar refractivity (Wildman–Crippen MR) is 43.6 cm³/mol. The monoisotopic (exact) mass is 203 g/mol. The molecule has 2 N–H and O–H groups in total. The van der Waals surface area contributed by atoms with Crippen LogP contribution in [0.4, 0.5) is 0 Å². The molecule has 10 heavy (non-hydrogen) atoms. The fourth-order valence-corrected chi connectivity index (χ4v) is 1.27. The van der Waals surface area contributed by atoms with Crippen molar-refractivity contribution >= 4 is 15.9 Å². The molecule has 3 heteroatoms. The van der Waals surface area contributed by atoms with Crippen molar-refractivity contribution in [1.29, 1.82) is 0 Å². The van der Waals surface area contributed by atoms with Gasteiger partial charge in [0.05, 0.1) is 10.7 Å². The highest BCUT2D eigenvalue weighted by molar-refractivity contribution is 9.10. The van der Waals surface area contributed by atoms with E-state index < -0.39 is 0 Å². The lowest BCUT2D eigenvalue weighted by molar-refractivity contribution is 0.556. The Labute approximate surface area is 68.5 Å². The maximum atomic E-state index is 5.75. The molecule has 0 saturated carbocycles. The average Bonchev–Trinajstić information content (AvgIpc) is 2.34. The summed E-state index contributed by atoms with van der Waals surface area (Å²) in [6.45, 7) is 2.05. The smallest absolute Gasteiger partial charge is 0.105 e. The Kier molecular flexibility index (Phi) is 2.51. The van der Waals surface area contributed by atoms with E-state index in [2.05, 4.69) is 15.9 Å². The number of halogens is 1. The van der Waals surface area contributed by atoms with Gasteiger partial charge in [0.2, 0.25) is 0 Å². The van der Waals surface area contributed by atoms with Gasteiger partial charge in [0, 0.05) is 11.6 Å². The van der Waals surface area contributed by atoms with Gasteiger partial charge in [-0.1, -0.05) is 6.92 Å². The molecule has 1 aromatic rings. The normalized spacial score (nSPS) is 13.5. The van der Waals surface area contributed by atoms with Crippen LogP contribution in [0.3, 0.4) is 0 Å². The third kappa shape index (κ3) is 1.41. The molecule has 0 bridgehead atoms. The summed E-state index contributed by atoms with van der Waals surface area (Å²) in [5.74, 6) is 0. The van der Waals surface area contributed by atoms with E-state index in [1.54, 1.807) is 12.5 Å². The molecule has 0 radical (unpaired) electrons. The van der Waals surface area contributed by atoms with Crippen LogP contribution in [0.15, 0.2) is 21.4 Å². The summed E-state index contributed by atoms with van der Waals surface area (Å²) < 4.78 is 5.90. The van der Waals surface area contributed by atoms with Gasteiger partial charge in [-0.15, -0.1) is 0 Å². The van der Waals surface area contributed by atoms with Crippen LogP contribution in [0, 0.1) is 0 Å². The first kappa shape index (κ1) is 7.82. The predicted octanol–water partition coefficient (Wildman–Crippen LogP) is 2.45. The Morgan fingerprint density at radius 2 is 2.40 bits per heavy atom. The second-order valence-electron chi connectivity index (χ2n) is 2.19. The standard InChI is InChI=1S/C7H10BrNO/c1-2-7(9)5-3-10-4-6(5)8/h3-4,7H,2,9H2,1H3/t7-/m0/s1. The lowest BCUT2D eigenvalue weighted by Gasteiger charge is -2.04. The summed E-state index contributed by atoms with van der Waals surface area (Å²) in [7, 11) is 0. The molecule has 0 aliphatic rings. The van der Waals surface area contributed by atoms with Gasteiger partial charge in [-0.2, -0.15) is 0 Å². The fourth-order valence-electron chi connectivity index (χ4n) is 0.776. The largest absolute Gasteiger partial charge is 0.471 e. The van der Waals surface area contributed by atoms with Crippen molar-refractivity contribution in [3.63, 3.8) is 0 Å². The molecular weight excluding hydrogens is 194 g/mol. The van der Waals surface area contributed by atoms with E-state index in [4.69, 9.17) is 10.2 Å². The Bertz CT molecular complexity index is 209. The summed E-state index contributed by atoms with van der Waals surface area (Å²) in [6.07, 6.45) is 4.25. The molecule has 2 nitrogen and oxygen atoms in total. The molecule has 0 aromatic carbocycles. The van der Waals surface area contributed by atoms with Gasteiger partial charge < -0.3 is 10.2 Å². The third-order valence-electron chi connectivity index (χ3n) is 1.48. The Morgan fingerprint density at radius 3 is 2.80 bits per heavy atom. The van der Waals surface area contributed by atoms with Crippen molar-refractivity contribution in [3.8, 4) is 0 Å².